The molecular formula is C21H25F4N3O3. The lowest BCUT2D eigenvalue weighted by Gasteiger charge is -2.16. The average Bonchev–Trinajstić information content (AvgIpc) is 2.74. The molecule has 0 aliphatic heterocycles. The second-order valence-electron chi connectivity index (χ2n) is 6.38. The van der Waals surface area contributed by atoms with Gasteiger partial charge in [0.2, 0.25) is 5.75 Å². The molecule has 0 aromatic heterocycles. The lowest BCUT2D eigenvalue weighted by atomic mass is 10.1. The minimum Gasteiger partial charge on any atom is -0.493 e. The van der Waals surface area contributed by atoms with Crippen LogP contribution in [0.3, 0.4) is 0 Å². The van der Waals surface area contributed by atoms with Crippen molar-refractivity contribution in [2.24, 2.45) is 4.99 Å². The summed E-state index contributed by atoms with van der Waals surface area (Å²) in [5.74, 6) is 0.726. The third kappa shape index (κ3) is 6.40. The van der Waals surface area contributed by atoms with Crippen molar-refractivity contribution in [2.75, 3.05) is 27.9 Å². The molecule has 0 heterocycles. The van der Waals surface area contributed by atoms with Gasteiger partial charge < -0.3 is 24.8 Å². The molecular weight excluding hydrogens is 418 g/mol. The van der Waals surface area contributed by atoms with E-state index in [4.69, 9.17) is 14.2 Å². The Morgan fingerprint density at radius 3 is 2.13 bits per heavy atom. The summed E-state index contributed by atoms with van der Waals surface area (Å²) in [7, 11) is 4.49. The summed E-state index contributed by atoms with van der Waals surface area (Å²) in [6.45, 7) is 2.34. The van der Waals surface area contributed by atoms with Gasteiger partial charge in [0.15, 0.2) is 17.5 Å². The maximum absolute atomic E-state index is 13.3. The molecule has 2 aromatic rings. The Morgan fingerprint density at radius 2 is 1.61 bits per heavy atom. The van der Waals surface area contributed by atoms with E-state index in [0.717, 1.165) is 17.7 Å². The monoisotopic (exact) mass is 443 g/mol. The number of ether oxygens (including phenoxy) is 3. The lowest BCUT2D eigenvalue weighted by molar-refractivity contribution is -0.138. The van der Waals surface area contributed by atoms with Crippen LogP contribution in [-0.4, -0.2) is 33.8 Å². The van der Waals surface area contributed by atoms with E-state index >= 15 is 0 Å². The van der Waals surface area contributed by atoms with Crippen LogP contribution < -0.4 is 24.8 Å². The van der Waals surface area contributed by atoms with Crippen molar-refractivity contribution in [2.45, 2.75) is 26.2 Å². The first-order valence-electron chi connectivity index (χ1n) is 9.40. The number of alkyl halides is 3. The van der Waals surface area contributed by atoms with Crippen LogP contribution in [0.4, 0.5) is 17.6 Å². The standard InChI is InChI=1S/C21H25F4N3O3/c1-5-26-20(28-12-14-6-7-15(22)10-16(14)21(23,24)25)27-11-13-8-17(29-2)19(31-4)18(9-13)30-3/h6-10H,5,11-12H2,1-4H3,(H2,26,27,28). The van der Waals surface area contributed by atoms with E-state index in [-0.39, 0.29) is 18.7 Å². The van der Waals surface area contributed by atoms with Gasteiger partial charge in [-0.25, -0.2) is 9.38 Å². The minimum atomic E-state index is -4.66. The Bertz CT molecular complexity index is 892. The Morgan fingerprint density at radius 1 is 0.968 bits per heavy atom. The first-order valence-corrected chi connectivity index (χ1v) is 9.40. The number of guanidine groups is 1. The Hall–Kier alpha value is -3.17. The van der Waals surface area contributed by atoms with Gasteiger partial charge in [0.25, 0.3) is 0 Å². The van der Waals surface area contributed by atoms with E-state index in [0.29, 0.717) is 35.8 Å². The fourth-order valence-corrected chi connectivity index (χ4v) is 2.88. The molecule has 2 N–H and O–H groups in total. The smallest absolute Gasteiger partial charge is 0.416 e. The molecule has 2 aromatic carbocycles. The van der Waals surface area contributed by atoms with Crippen molar-refractivity contribution in [3.63, 3.8) is 0 Å². The summed E-state index contributed by atoms with van der Waals surface area (Å²) >= 11 is 0. The molecule has 31 heavy (non-hydrogen) atoms. The number of hydrogen-bond donors (Lipinski definition) is 2. The fourth-order valence-electron chi connectivity index (χ4n) is 2.88. The molecule has 0 fully saturated rings. The number of nitrogens with zero attached hydrogens (tertiary/aromatic N) is 1. The van der Waals surface area contributed by atoms with Crippen LogP contribution in [0.25, 0.3) is 0 Å². The second kappa shape index (κ2) is 10.7. The van der Waals surface area contributed by atoms with Crippen molar-refractivity contribution >= 4 is 5.96 Å². The molecule has 6 nitrogen and oxygen atoms in total. The quantitative estimate of drug-likeness (QED) is 0.365. The van der Waals surface area contributed by atoms with Crippen molar-refractivity contribution in [1.29, 1.82) is 0 Å². The summed E-state index contributed by atoms with van der Waals surface area (Å²) in [5, 5.41) is 5.82. The van der Waals surface area contributed by atoms with Crippen LogP contribution in [0.2, 0.25) is 0 Å². The highest BCUT2D eigenvalue weighted by Crippen LogP contribution is 2.38. The first kappa shape index (κ1) is 24.1. The van der Waals surface area contributed by atoms with Crippen molar-refractivity contribution in [1.82, 2.24) is 10.6 Å². The molecule has 2 rings (SSSR count). The van der Waals surface area contributed by atoms with Crippen molar-refractivity contribution in [3.8, 4) is 17.2 Å². The highest BCUT2D eigenvalue weighted by molar-refractivity contribution is 5.79. The molecule has 0 amide bonds. The number of benzene rings is 2. The third-order valence-corrected chi connectivity index (χ3v) is 4.31. The van der Waals surface area contributed by atoms with Crippen molar-refractivity contribution < 1.29 is 31.8 Å². The number of nitrogens with one attached hydrogen (secondary N) is 2. The Labute approximate surface area is 178 Å². The predicted molar refractivity (Wildman–Crippen MR) is 109 cm³/mol. The molecule has 0 radical (unpaired) electrons. The molecule has 170 valence electrons. The predicted octanol–water partition coefficient (Wildman–Crippen LogP) is 4.13. The number of methoxy groups -OCH3 is 3. The molecule has 0 saturated heterocycles. The van der Waals surface area contributed by atoms with E-state index < -0.39 is 17.6 Å². The number of halogens is 4. The number of hydrogen-bond acceptors (Lipinski definition) is 4. The van der Waals surface area contributed by atoms with E-state index in [1.54, 1.807) is 12.1 Å². The highest BCUT2D eigenvalue weighted by atomic mass is 19.4. The maximum atomic E-state index is 13.3. The van der Waals surface area contributed by atoms with Crippen LogP contribution in [0, 0.1) is 5.82 Å². The van der Waals surface area contributed by atoms with Gasteiger partial charge in [-0.2, -0.15) is 13.2 Å². The largest absolute Gasteiger partial charge is 0.493 e. The van der Waals surface area contributed by atoms with E-state index in [9.17, 15) is 17.6 Å². The van der Waals surface area contributed by atoms with Crippen LogP contribution >= 0.6 is 0 Å². The van der Waals surface area contributed by atoms with Gasteiger partial charge in [-0.1, -0.05) is 6.07 Å². The molecule has 0 spiro atoms. The summed E-state index contributed by atoms with van der Waals surface area (Å²) in [5.41, 5.74) is -0.378. The average molecular weight is 443 g/mol. The molecule has 10 heteroatoms. The van der Waals surface area contributed by atoms with Crippen LogP contribution in [0.1, 0.15) is 23.6 Å². The number of rotatable bonds is 8. The summed E-state index contributed by atoms with van der Waals surface area (Å²) < 4.78 is 68.8. The molecule has 0 aliphatic carbocycles. The fraction of sp³-hybridized carbons (Fsp3) is 0.381. The number of aliphatic imine (C=N–C) groups is 1. The summed E-state index contributed by atoms with van der Waals surface area (Å²) in [6.07, 6.45) is -4.66. The van der Waals surface area contributed by atoms with Gasteiger partial charge in [-0.05, 0) is 42.3 Å². The van der Waals surface area contributed by atoms with Crippen molar-refractivity contribution in [3.05, 3.63) is 52.8 Å². The van der Waals surface area contributed by atoms with E-state index in [1.165, 1.54) is 21.3 Å². The zero-order chi connectivity index (χ0) is 23.0. The highest BCUT2D eigenvalue weighted by Gasteiger charge is 2.33. The first-order chi connectivity index (χ1) is 14.7. The van der Waals surface area contributed by atoms with Gasteiger partial charge in [0, 0.05) is 13.1 Å². The minimum absolute atomic E-state index is 0.0905. The molecule has 0 atom stereocenters. The molecule has 0 unspecified atom stereocenters. The van der Waals surface area contributed by atoms with E-state index in [1.807, 2.05) is 6.92 Å². The van der Waals surface area contributed by atoms with Crippen LogP contribution in [0.5, 0.6) is 17.2 Å². The zero-order valence-electron chi connectivity index (χ0n) is 17.7. The molecule has 0 saturated carbocycles. The SMILES string of the molecule is CCNC(=NCc1cc(OC)c(OC)c(OC)c1)NCc1ccc(F)cc1C(F)(F)F. The summed E-state index contributed by atoms with van der Waals surface area (Å²) in [4.78, 5) is 4.40. The Balaban J connectivity index is 2.22. The van der Waals surface area contributed by atoms with Gasteiger partial charge >= 0.3 is 6.18 Å². The summed E-state index contributed by atoms with van der Waals surface area (Å²) in [6, 6.07) is 6.05. The van der Waals surface area contributed by atoms with E-state index in [2.05, 4.69) is 15.6 Å². The molecule has 0 aliphatic rings. The van der Waals surface area contributed by atoms with Gasteiger partial charge in [0.1, 0.15) is 5.82 Å². The van der Waals surface area contributed by atoms with Gasteiger partial charge in [0.05, 0.1) is 33.4 Å². The van der Waals surface area contributed by atoms with Crippen LogP contribution in [-0.2, 0) is 19.3 Å². The zero-order valence-corrected chi connectivity index (χ0v) is 17.7. The maximum Gasteiger partial charge on any atom is 0.416 e. The lowest BCUT2D eigenvalue weighted by Crippen LogP contribution is -2.37. The molecule has 0 bridgehead atoms. The second-order valence-corrected chi connectivity index (χ2v) is 6.38. The van der Waals surface area contributed by atoms with Crippen LogP contribution in [0.15, 0.2) is 35.3 Å². The van der Waals surface area contributed by atoms with Gasteiger partial charge in [-0.3, -0.25) is 0 Å². The van der Waals surface area contributed by atoms with Gasteiger partial charge in [-0.15, -0.1) is 0 Å². The Kier molecular flexibility index (Phi) is 8.35. The topological polar surface area (TPSA) is 64.1 Å². The third-order valence-electron chi connectivity index (χ3n) is 4.31. The normalized spacial score (nSPS) is 11.8.